The van der Waals surface area contributed by atoms with Gasteiger partial charge in [0, 0.05) is 0 Å². The first kappa shape index (κ1) is 21.2. The molecule has 0 fully saturated rings. The van der Waals surface area contributed by atoms with Gasteiger partial charge < -0.3 is 0 Å². The summed E-state index contributed by atoms with van der Waals surface area (Å²) in [6.45, 7) is 4.00. The summed E-state index contributed by atoms with van der Waals surface area (Å²) in [7, 11) is 0. The normalized spacial score (nSPS) is 14.7. The Morgan fingerprint density at radius 2 is 0.697 bits per heavy atom. The van der Waals surface area contributed by atoms with Crippen molar-refractivity contribution in [1.82, 2.24) is 0 Å². The van der Waals surface area contributed by atoms with Gasteiger partial charge in [0.2, 0.25) is 0 Å². The van der Waals surface area contributed by atoms with E-state index in [-0.39, 0.29) is 5.41 Å². The van der Waals surface area contributed by atoms with Gasteiger partial charge in [0.25, 0.3) is 0 Å². The van der Waals surface area contributed by atoms with Gasteiger partial charge in [-0.05, 0) is 57.3 Å². The molecule has 3 aliphatic rings. The second-order valence-electron chi connectivity index (χ2n) is 8.37. The van der Waals surface area contributed by atoms with Crippen molar-refractivity contribution in [2.24, 2.45) is 0 Å². The zero-order chi connectivity index (χ0) is 22.7. The Morgan fingerprint density at radius 1 is 0.424 bits per heavy atom. The Morgan fingerprint density at radius 3 is 0.939 bits per heavy atom. The summed E-state index contributed by atoms with van der Waals surface area (Å²) >= 11 is 0. The van der Waals surface area contributed by atoms with Crippen molar-refractivity contribution in [2.75, 3.05) is 0 Å². The second-order valence-corrected chi connectivity index (χ2v) is 8.37. The number of hydrogen-bond acceptors (Lipinski definition) is 0. The molecule has 0 atom stereocenters. The van der Waals surface area contributed by atoms with Gasteiger partial charge in [-0.25, -0.2) is 0 Å². The topological polar surface area (TPSA) is 0 Å². The fraction of sp³-hybridized carbons (Fsp3) is 0.152. The van der Waals surface area contributed by atoms with Crippen LogP contribution in [0.25, 0.3) is 22.3 Å². The van der Waals surface area contributed by atoms with Crippen molar-refractivity contribution in [1.29, 1.82) is 0 Å². The Bertz CT molecular complexity index is 1140. The van der Waals surface area contributed by atoms with E-state index in [2.05, 4.69) is 121 Å². The first-order valence-electron chi connectivity index (χ1n) is 12.1. The van der Waals surface area contributed by atoms with E-state index >= 15 is 0 Å². The third-order valence-corrected chi connectivity index (χ3v) is 6.79. The average molecular weight is 427 g/mol. The molecule has 3 aliphatic carbocycles. The van der Waals surface area contributed by atoms with E-state index < -0.39 is 0 Å². The van der Waals surface area contributed by atoms with Gasteiger partial charge >= 0.3 is 0 Å². The quantitative estimate of drug-likeness (QED) is 0.227. The molecule has 4 aromatic rings. The van der Waals surface area contributed by atoms with Crippen LogP contribution in [0.1, 0.15) is 48.9 Å². The average Bonchev–Trinajstić information content (AvgIpc) is 3.39. The van der Waals surface area contributed by atoms with Gasteiger partial charge in [0.05, 0.1) is 5.41 Å². The number of fused-ring (bicyclic) bond motifs is 10. The number of benzene rings is 4. The smallest absolute Gasteiger partial charge is 0.0725 e. The summed E-state index contributed by atoms with van der Waals surface area (Å²) in [5.74, 6) is 0. The highest BCUT2D eigenvalue weighted by atomic mass is 14.5. The Kier molecular flexibility index (Phi) is 5.84. The van der Waals surface area contributed by atoms with Crippen molar-refractivity contribution in [3.63, 3.8) is 0 Å². The van der Waals surface area contributed by atoms with E-state index in [1.165, 1.54) is 57.3 Å². The Labute approximate surface area is 198 Å². The van der Waals surface area contributed by atoms with Crippen molar-refractivity contribution >= 4 is 0 Å². The standard InChI is InChI=1S/C25H16.C6H8.C2H6/c1-5-13-21-17(9-1)18-10-2-6-14-22(18)25(21)23-15-7-3-11-19(23)20-12-4-8-16-24(20)25;1-2-4-6-5-3-1;1-2/h1-16H;1-4H,5-6H2;1-2H3. The molecular formula is C33H30. The van der Waals surface area contributed by atoms with Crippen LogP contribution in [0.4, 0.5) is 0 Å². The van der Waals surface area contributed by atoms with E-state index in [0.29, 0.717) is 0 Å². The van der Waals surface area contributed by atoms with Gasteiger partial charge in [0.1, 0.15) is 0 Å². The highest BCUT2D eigenvalue weighted by molar-refractivity contribution is 5.94. The van der Waals surface area contributed by atoms with Gasteiger partial charge in [-0.3, -0.25) is 0 Å². The van der Waals surface area contributed by atoms with Crippen LogP contribution in [0, 0.1) is 0 Å². The molecular weight excluding hydrogens is 396 g/mol. The van der Waals surface area contributed by atoms with Gasteiger partial charge in [-0.2, -0.15) is 0 Å². The number of rotatable bonds is 0. The molecule has 0 aromatic heterocycles. The highest BCUT2D eigenvalue weighted by Crippen LogP contribution is 2.62. The van der Waals surface area contributed by atoms with E-state index in [1.807, 2.05) is 13.8 Å². The van der Waals surface area contributed by atoms with Crippen LogP contribution in [-0.4, -0.2) is 0 Å². The Hall–Kier alpha value is -3.64. The fourth-order valence-electron chi connectivity index (χ4n) is 5.59. The number of allylic oxidation sites excluding steroid dienone is 4. The lowest BCUT2D eigenvalue weighted by Crippen LogP contribution is -2.25. The lowest BCUT2D eigenvalue weighted by Gasteiger charge is -2.30. The van der Waals surface area contributed by atoms with Crippen molar-refractivity contribution in [2.45, 2.75) is 32.1 Å². The maximum atomic E-state index is 2.31. The summed E-state index contributed by atoms with van der Waals surface area (Å²) in [5, 5.41) is 0. The van der Waals surface area contributed by atoms with Crippen LogP contribution in [0.5, 0.6) is 0 Å². The van der Waals surface area contributed by atoms with E-state index in [0.717, 1.165) is 0 Å². The molecule has 0 saturated carbocycles. The van der Waals surface area contributed by atoms with Crippen LogP contribution >= 0.6 is 0 Å². The molecule has 0 unspecified atom stereocenters. The van der Waals surface area contributed by atoms with Gasteiger partial charge in [-0.15, -0.1) is 0 Å². The predicted octanol–water partition coefficient (Wildman–Crippen LogP) is 8.95. The minimum atomic E-state index is -0.180. The zero-order valence-electron chi connectivity index (χ0n) is 19.5. The molecule has 0 heterocycles. The molecule has 33 heavy (non-hydrogen) atoms. The SMILES string of the molecule is C1=CCCC=C1.CC.c1ccc2c(c1)-c1ccccc1C21c2ccccc2-c2ccccc21. The predicted molar refractivity (Wildman–Crippen MR) is 142 cm³/mol. The molecule has 162 valence electrons. The summed E-state index contributed by atoms with van der Waals surface area (Å²) in [6, 6.07) is 35.7. The van der Waals surface area contributed by atoms with Crippen molar-refractivity contribution < 1.29 is 0 Å². The minimum Gasteiger partial charge on any atom is -0.0842 e. The molecule has 0 aliphatic heterocycles. The number of hydrogen-bond donors (Lipinski definition) is 0. The van der Waals surface area contributed by atoms with Crippen LogP contribution in [0.15, 0.2) is 121 Å². The molecule has 0 amide bonds. The van der Waals surface area contributed by atoms with Crippen LogP contribution in [0.3, 0.4) is 0 Å². The lowest BCUT2D eigenvalue weighted by molar-refractivity contribution is 0.794. The maximum Gasteiger partial charge on any atom is 0.0725 e. The first-order valence-corrected chi connectivity index (χ1v) is 12.1. The fourth-order valence-corrected chi connectivity index (χ4v) is 5.59. The van der Waals surface area contributed by atoms with Gasteiger partial charge in [-0.1, -0.05) is 135 Å². The maximum absolute atomic E-state index is 2.31. The van der Waals surface area contributed by atoms with Gasteiger partial charge in [0.15, 0.2) is 0 Å². The highest BCUT2D eigenvalue weighted by Gasteiger charge is 2.51. The second kappa shape index (κ2) is 9.08. The van der Waals surface area contributed by atoms with Crippen LogP contribution in [0.2, 0.25) is 0 Å². The molecule has 0 saturated heterocycles. The van der Waals surface area contributed by atoms with E-state index in [9.17, 15) is 0 Å². The third-order valence-electron chi connectivity index (χ3n) is 6.79. The molecule has 0 heteroatoms. The van der Waals surface area contributed by atoms with Crippen molar-refractivity contribution in [3.8, 4) is 22.3 Å². The van der Waals surface area contributed by atoms with Crippen molar-refractivity contribution in [3.05, 3.63) is 144 Å². The van der Waals surface area contributed by atoms with Crippen LogP contribution < -0.4 is 0 Å². The first-order chi connectivity index (χ1) is 16.4. The molecule has 0 nitrogen and oxygen atoms in total. The van der Waals surface area contributed by atoms with Crippen LogP contribution in [-0.2, 0) is 5.41 Å². The molecule has 0 bridgehead atoms. The molecule has 7 rings (SSSR count). The largest absolute Gasteiger partial charge is 0.0842 e. The zero-order valence-corrected chi connectivity index (χ0v) is 19.5. The summed E-state index contributed by atoms with van der Waals surface area (Å²) in [5.41, 5.74) is 10.9. The van der Waals surface area contributed by atoms with E-state index in [4.69, 9.17) is 0 Å². The lowest BCUT2D eigenvalue weighted by atomic mass is 9.70. The third kappa shape index (κ3) is 3.21. The summed E-state index contributed by atoms with van der Waals surface area (Å²) in [4.78, 5) is 0. The Balaban J connectivity index is 0.000000247. The minimum absolute atomic E-state index is 0.180. The summed E-state index contributed by atoms with van der Waals surface area (Å²) in [6.07, 6.45) is 11.0. The molecule has 0 N–H and O–H groups in total. The van der Waals surface area contributed by atoms with E-state index in [1.54, 1.807) is 0 Å². The molecule has 4 aromatic carbocycles. The molecule has 1 spiro atoms. The monoisotopic (exact) mass is 426 g/mol. The molecule has 0 radical (unpaired) electrons. The summed E-state index contributed by atoms with van der Waals surface area (Å²) < 4.78 is 0.